The summed E-state index contributed by atoms with van der Waals surface area (Å²) in [6, 6.07) is -2.06. The number of aromatic amines is 2. The van der Waals surface area contributed by atoms with Crippen molar-refractivity contribution in [3.05, 3.63) is 36.4 Å². The molecule has 2 atom stereocenters. The van der Waals surface area contributed by atoms with Crippen LogP contribution in [-0.2, 0) is 41.5 Å². The second-order valence-corrected chi connectivity index (χ2v) is 6.21. The zero-order valence-corrected chi connectivity index (χ0v) is 15.5. The van der Waals surface area contributed by atoms with E-state index < -0.39 is 36.0 Å². The van der Waals surface area contributed by atoms with E-state index in [9.17, 15) is 19.2 Å². The zero-order chi connectivity index (χ0) is 21.2. The minimum atomic E-state index is -1.03. The number of hydrogen-bond acceptors (Lipinski definition) is 10. The molecule has 0 aliphatic rings. The molecular weight excluding hydrogens is 384 g/mol. The van der Waals surface area contributed by atoms with Crippen LogP contribution in [0.15, 0.2) is 25.0 Å². The molecule has 0 spiro atoms. The SMILES string of the molecule is N[C@@H](Cc1cnc[nH]1)C(=O)OC(=O)CCCC(=O)OC(=O)[C@@H](N)Cc1cnc[nH]1. The summed E-state index contributed by atoms with van der Waals surface area (Å²) in [5.41, 5.74) is 12.6. The summed E-state index contributed by atoms with van der Waals surface area (Å²) in [6.45, 7) is 0. The molecule has 2 rings (SSSR count). The van der Waals surface area contributed by atoms with E-state index in [1.807, 2.05) is 0 Å². The van der Waals surface area contributed by atoms with Gasteiger partial charge >= 0.3 is 23.9 Å². The Labute approximate surface area is 165 Å². The molecule has 0 aromatic carbocycles. The normalized spacial score (nSPS) is 12.8. The Bertz CT molecular complexity index is 751. The minimum absolute atomic E-state index is 0.0315. The van der Waals surface area contributed by atoms with Gasteiger partial charge < -0.3 is 30.9 Å². The Balaban J connectivity index is 1.62. The number of nitrogens with zero attached hydrogens (tertiary/aromatic N) is 2. The van der Waals surface area contributed by atoms with Gasteiger partial charge in [0.2, 0.25) is 0 Å². The Hall–Kier alpha value is -3.38. The van der Waals surface area contributed by atoms with Gasteiger partial charge in [-0.3, -0.25) is 9.59 Å². The molecule has 2 aromatic heterocycles. The van der Waals surface area contributed by atoms with E-state index in [1.54, 1.807) is 0 Å². The zero-order valence-electron chi connectivity index (χ0n) is 15.5. The van der Waals surface area contributed by atoms with Crippen molar-refractivity contribution in [1.82, 2.24) is 19.9 Å². The Morgan fingerprint density at radius 1 is 0.828 bits per heavy atom. The predicted molar refractivity (Wildman–Crippen MR) is 96.6 cm³/mol. The lowest BCUT2D eigenvalue weighted by molar-refractivity contribution is -0.160. The topological polar surface area (TPSA) is 196 Å². The molecule has 0 amide bonds. The molecular formula is C17H22N6O6. The van der Waals surface area contributed by atoms with Crippen LogP contribution in [0.1, 0.15) is 30.7 Å². The number of carbonyl (C=O) groups is 4. The molecule has 0 fully saturated rings. The highest BCUT2D eigenvalue weighted by molar-refractivity contribution is 5.90. The van der Waals surface area contributed by atoms with Gasteiger partial charge in [-0.05, 0) is 6.42 Å². The molecule has 0 bridgehead atoms. The van der Waals surface area contributed by atoms with E-state index in [-0.39, 0.29) is 32.1 Å². The van der Waals surface area contributed by atoms with Crippen LogP contribution in [-0.4, -0.2) is 55.9 Å². The largest absolute Gasteiger partial charge is 0.392 e. The number of rotatable bonds is 10. The van der Waals surface area contributed by atoms with Crippen molar-refractivity contribution in [2.75, 3.05) is 0 Å². The fourth-order valence-electron chi connectivity index (χ4n) is 2.29. The molecule has 0 radical (unpaired) electrons. The van der Waals surface area contributed by atoms with Gasteiger partial charge in [-0.1, -0.05) is 0 Å². The van der Waals surface area contributed by atoms with E-state index in [2.05, 4.69) is 29.4 Å². The molecule has 2 heterocycles. The first kappa shape index (κ1) is 21.9. The van der Waals surface area contributed by atoms with Crippen molar-refractivity contribution in [3.8, 4) is 0 Å². The summed E-state index contributed by atoms with van der Waals surface area (Å²) in [5.74, 6) is -3.42. The first-order valence-corrected chi connectivity index (χ1v) is 8.80. The Morgan fingerprint density at radius 3 is 1.59 bits per heavy atom. The molecule has 2 aromatic rings. The standard InChI is InChI=1S/C17H22N6O6/c18-12(4-10-6-20-8-22-10)16(26)28-14(24)2-1-3-15(25)29-17(27)13(19)5-11-7-21-9-23-11/h6-9,12-13H,1-5,18-19H2,(H,20,22)(H,21,23)/t12-,13-/m0/s1. The maximum Gasteiger partial charge on any atom is 0.330 e. The lowest BCUT2D eigenvalue weighted by Crippen LogP contribution is -2.36. The summed E-state index contributed by atoms with van der Waals surface area (Å²) in [7, 11) is 0. The second kappa shape index (κ2) is 10.8. The molecule has 0 saturated carbocycles. The number of H-pyrrole nitrogens is 2. The number of nitrogens with two attached hydrogens (primary N) is 2. The van der Waals surface area contributed by atoms with Crippen molar-refractivity contribution in [2.24, 2.45) is 11.5 Å². The van der Waals surface area contributed by atoms with Crippen LogP contribution in [0, 0.1) is 0 Å². The lowest BCUT2D eigenvalue weighted by atomic mass is 10.2. The van der Waals surface area contributed by atoms with Gasteiger partial charge in [0.05, 0.1) is 12.7 Å². The summed E-state index contributed by atoms with van der Waals surface area (Å²) >= 11 is 0. The molecule has 0 aliphatic carbocycles. The third kappa shape index (κ3) is 7.63. The van der Waals surface area contributed by atoms with Crippen LogP contribution < -0.4 is 11.5 Å². The quantitative estimate of drug-likeness (QED) is 0.277. The first-order valence-electron chi connectivity index (χ1n) is 8.80. The molecule has 12 heteroatoms. The molecule has 156 valence electrons. The van der Waals surface area contributed by atoms with Crippen LogP contribution in [0.2, 0.25) is 0 Å². The highest BCUT2D eigenvalue weighted by Gasteiger charge is 2.22. The number of nitrogens with one attached hydrogen (secondary N) is 2. The first-order chi connectivity index (χ1) is 13.8. The monoisotopic (exact) mass is 406 g/mol. The maximum atomic E-state index is 11.8. The highest BCUT2D eigenvalue weighted by atomic mass is 16.6. The number of aromatic nitrogens is 4. The molecule has 0 aliphatic heterocycles. The van der Waals surface area contributed by atoms with Crippen LogP contribution in [0.5, 0.6) is 0 Å². The van der Waals surface area contributed by atoms with Crippen LogP contribution in [0.4, 0.5) is 0 Å². The fourth-order valence-corrected chi connectivity index (χ4v) is 2.29. The van der Waals surface area contributed by atoms with Crippen LogP contribution in [0.3, 0.4) is 0 Å². The van der Waals surface area contributed by atoms with E-state index in [0.717, 1.165) is 0 Å². The average Bonchev–Trinajstić information content (AvgIpc) is 3.35. The third-order valence-corrected chi connectivity index (χ3v) is 3.79. The van der Waals surface area contributed by atoms with E-state index in [4.69, 9.17) is 11.5 Å². The van der Waals surface area contributed by atoms with Crippen molar-refractivity contribution in [2.45, 2.75) is 44.2 Å². The number of esters is 4. The molecule has 6 N–H and O–H groups in total. The van der Waals surface area contributed by atoms with Gasteiger partial charge in [-0.25, -0.2) is 19.6 Å². The fraction of sp³-hybridized carbons (Fsp3) is 0.412. The summed E-state index contributed by atoms with van der Waals surface area (Å²) in [5, 5.41) is 0. The third-order valence-electron chi connectivity index (χ3n) is 3.79. The van der Waals surface area contributed by atoms with Crippen molar-refractivity contribution < 1.29 is 28.7 Å². The van der Waals surface area contributed by atoms with Crippen molar-refractivity contribution >= 4 is 23.9 Å². The maximum absolute atomic E-state index is 11.8. The average molecular weight is 406 g/mol. The van der Waals surface area contributed by atoms with E-state index in [0.29, 0.717) is 11.4 Å². The second-order valence-electron chi connectivity index (χ2n) is 6.21. The van der Waals surface area contributed by atoms with Gasteiger partial charge in [-0.15, -0.1) is 0 Å². The Kier molecular flexibility index (Phi) is 8.18. The Morgan fingerprint density at radius 2 is 1.24 bits per heavy atom. The highest BCUT2D eigenvalue weighted by Crippen LogP contribution is 2.05. The number of imidazole rings is 2. The number of hydrogen-bond donors (Lipinski definition) is 4. The molecule has 0 unspecified atom stereocenters. The minimum Gasteiger partial charge on any atom is -0.392 e. The van der Waals surface area contributed by atoms with Gasteiger partial charge in [-0.2, -0.15) is 0 Å². The van der Waals surface area contributed by atoms with Crippen LogP contribution >= 0.6 is 0 Å². The van der Waals surface area contributed by atoms with Gasteiger partial charge in [0.1, 0.15) is 12.1 Å². The lowest BCUT2D eigenvalue weighted by Gasteiger charge is -2.10. The van der Waals surface area contributed by atoms with Crippen molar-refractivity contribution in [1.29, 1.82) is 0 Å². The van der Waals surface area contributed by atoms with Gasteiger partial charge in [0, 0.05) is 49.5 Å². The molecule has 0 saturated heterocycles. The number of carbonyl (C=O) groups excluding carboxylic acids is 4. The van der Waals surface area contributed by atoms with Gasteiger partial charge in [0.25, 0.3) is 0 Å². The molecule has 29 heavy (non-hydrogen) atoms. The predicted octanol–water partition coefficient (Wildman–Crippen LogP) is -1.12. The summed E-state index contributed by atoms with van der Waals surface area (Å²) in [6.07, 6.45) is 5.76. The van der Waals surface area contributed by atoms with E-state index in [1.165, 1.54) is 25.0 Å². The number of ether oxygens (including phenoxy) is 2. The van der Waals surface area contributed by atoms with Gasteiger partial charge in [0.15, 0.2) is 0 Å². The van der Waals surface area contributed by atoms with E-state index >= 15 is 0 Å². The summed E-state index contributed by atoms with van der Waals surface area (Å²) < 4.78 is 9.27. The smallest absolute Gasteiger partial charge is 0.330 e. The molecule has 12 nitrogen and oxygen atoms in total. The van der Waals surface area contributed by atoms with Crippen LogP contribution in [0.25, 0.3) is 0 Å². The van der Waals surface area contributed by atoms with Crippen molar-refractivity contribution in [3.63, 3.8) is 0 Å². The summed E-state index contributed by atoms with van der Waals surface area (Å²) in [4.78, 5) is 60.0.